The summed E-state index contributed by atoms with van der Waals surface area (Å²) in [5.41, 5.74) is 7.29. The number of rotatable bonds is 3. The molecule has 2 heterocycles. The fourth-order valence-corrected chi connectivity index (χ4v) is 2.38. The van der Waals surface area contributed by atoms with E-state index in [1.807, 2.05) is 35.7 Å². The highest BCUT2D eigenvalue weighted by molar-refractivity contribution is 7.09. The monoisotopic (exact) mass is 257 g/mol. The second-order valence-electron chi connectivity index (χ2n) is 3.89. The van der Waals surface area contributed by atoms with E-state index >= 15 is 0 Å². The lowest BCUT2D eigenvalue weighted by Gasteiger charge is -1.95. The Hall–Kier alpha value is -2.14. The zero-order valence-electron chi connectivity index (χ0n) is 9.54. The number of benzene rings is 1. The van der Waals surface area contributed by atoms with Gasteiger partial charge in [0, 0.05) is 16.1 Å². The molecule has 0 spiro atoms. The Kier molecular flexibility index (Phi) is 2.82. The van der Waals surface area contributed by atoms with Crippen LogP contribution in [-0.2, 0) is 6.42 Å². The summed E-state index contributed by atoms with van der Waals surface area (Å²) in [6.07, 6.45) is 0.674. The number of hydrogen-bond acceptors (Lipinski definition) is 5. The summed E-state index contributed by atoms with van der Waals surface area (Å²) in [5, 5.41) is 6.00. The first-order valence-electron chi connectivity index (χ1n) is 5.52. The molecule has 0 aliphatic rings. The van der Waals surface area contributed by atoms with Crippen molar-refractivity contribution in [1.82, 2.24) is 10.1 Å². The molecule has 3 aromatic rings. The van der Waals surface area contributed by atoms with Gasteiger partial charge in [0.05, 0.1) is 6.42 Å². The van der Waals surface area contributed by atoms with Crippen molar-refractivity contribution in [3.05, 3.63) is 52.5 Å². The van der Waals surface area contributed by atoms with Crippen molar-refractivity contribution in [2.45, 2.75) is 6.42 Å². The Morgan fingerprint density at radius 3 is 2.94 bits per heavy atom. The summed E-state index contributed by atoms with van der Waals surface area (Å²) in [6, 6.07) is 11.5. The van der Waals surface area contributed by atoms with Gasteiger partial charge in [0.15, 0.2) is 0 Å². The van der Waals surface area contributed by atoms with Crippen LogP contribution in [0.5, 0.6) is 0 Å². The summed E-state index contributed by atoms with van der Waals surface area (Å²) in [5.74, 6) is 1.20. The molecule has 18 heavy (non-hydrogen) atoms. The number of hydrogen-bond donors (Lipinski definition) is 1. The van der Waals surface area contributed by atoms with Crippen molar-refractivity contribution in [3.63, 3.8) is 0 Å². The number of aromatic nitrogens is 2. The van der Waals surface area contributed by atoms with Gasteiger partial charge in [-0.1, -0.05) is 23.4 Å². The minimum absolute atomic E-state index is 0.578. The van der Waals surface area contributed by atoms with Gasteiger partial charge in [-0.2, -0.15) is 4.98 Å². The Balaban J connectivity index is 1.85. The summed E-state index contributed by atoms with van der Waals surface area (Å²) < 4.78 is 5.24. The first-order chi connectivity index (χ1) is 8.81. The van der Waals surface area contributed by atoms with Crippen molar-refractivity contribution in [3.8, 4) is 11.4 Å². The van der Waals surface area contributed by atoms with Crippen LogP contribution in [0.1, 0.15) is 10.8 Å². The van der Waals surface area contributed by atoms with Crippen LogP contribution in [-0.4, -0.2) is 10.1 Å². The van der Waals surface area contributed by atoms with E-state index in [1.54, 1.807) is 11.3 Å². The van der Waals surface area contributed by atoms with Crippen molar-refractivity contribution in [2.75, 3.05) is 5.73 Å². The molecule has 0 saturated carbocycles. The van der Waals surface area contributed by atoms with Gasteiger partial charge >= 0.3 is 0 Å². The highest BCUT2D eigenvalue weighted by atomic mass is 32.1. The third kappa shape index (κ3) is 2.26. The van der Waals surface area contributed by atoms with E-state index < -0.39 is 0 Å². The van der Waals surface area contributed by atoms with Gasteiger partial charge in [-0.15, -0.1) is 11.3 Å². The normalized spacial score (nSPS) is 10.7. The topological polar surface area (TPSA) is 64.9 Å². The molecule has 2 N–H and O–H groups in total. The van der Waals surface area contributed by atoms with Gasteiger partial charge in [0.2, 0.25) is 11.7 Å². The number of nitrogen functional groups attached to an aromatic ring is 1. The fraction of sp³-hybridized carbons (Fsp3) is 0.0769. The minimum Gasteiger partial charge on any atom is -0.399 e. The molecule has 90 valence electrons. The standard InChI is InChI=1S/C13H11N3OS/c14-10-4-1-3-9(7-10)13-15-12(17-16-13)8-11-5-2-6-18-11/h1-7H,8,14H2. The van der Waals surface area contributed by atoms with Crippen LogP contribution in [0, 0.1) is 0 Å². The lowest BCUT2D eigenvalue weighted by molar-refractivity contribution is 0.386. The molecule has 3 rings (SSSR count). The lowest BCUT2D eigenvalue weighted by atomic mass is 10.2. The van der Waals surface area contributed by atoms with Crippen LogP contribution < -0.4 is 5.73 Å². The first-order valence-corrected chi connectivity index (χ1v) is 6.40. The molecule has 0 aliphatic heterocycles. The van der Waals surface area contributed by atoms with Crippen molar-refractivity contribution >= 4 is 17.0 Å². The van der Waals surface area contributed by atoms with Crippen LogP contribution in [0.15, 0.2) is 46.3 Å². The molecule has 0 unspecified atom stereocenters. The largest absolute Gasteiger partial charge is 0.399 e. The molecule has 0 fully saturated rings. The number of nitrogens with two attached hydrogens (primary N) is 1. The molecule has 0 bridgehead atoms. The summed E-state index contributed by atoms with van der Waals surface area (Å²) in [6.45, 7) is 0. The predicted molar refractivity (Wildman–Crippen MR) is 71.3 cm³/mol. The summed E-state index contributed by atoms with van der Waals surface area (Å²) >= 11 is 1.68. The Bertz CT molecular complexity index is 646. The summed E-state index contributed by atoms with van der Waals surface area (Å²) in [7, 11) is 0. The highest BCUT2D eigenvalue weighted by Gasteiger charge is 2.09. The molecular formula is C13H11N3OS. The number of thiophene rings is 1. The minimum atomic E-state index is 0.578. The number of anilines is 1. The van der Waals surface area contributed by atoms with E-state index in [1.165, 1.54) is 4.88 Å². The van der Waals surface area contributed by atoms with E-state index in [-0.39, 0.29) is 0 Å². The van der Waals surface area contributed by atoms with Gasteiger partial charge in [0.25, 0.3) is 0 Å². The Morgan fingerprint density at radius 1 is 1.22 bits per heavy atom. The molecular weight excluding hydrogens is 246 g/mol. The maximum absolute atomic E-state index is 5.73. The van der Waals surface area contributed by atoms with Crippen molar-refractivity contribution < 1.29 is 4.52 Å². The molecule has 0 aliphatic carbocycles. The average Bonchev–Trinajstić information content (AvgIpc) is 3.01. The van der Waals surface area contributed by atoms with Gasteiger partial charge in [-0.25, -0.2) is 0 Å². The van der Waals surface area contributed by atoms with Crippen LogP contribution in [0.2, 0.25) is 0 Å². The van der Waals surface area contributed by atoms with E-state index in [2.05, 4.69) is 16.2 Å². The van der Waals surface area contributed by atoms with Crippen LogP contribution >= 0.6 is 11.3 Å². The number of nitrogens with zero attached hydrogens (tertiary/aromatic N) is 2. The predicted octanol–water partition coefficient (Wildman–Crippen LogP) is 2.97. The van der Waals surface area contributed by atoms with E-state index in [9.17, 15) is 0 Å². The van der Waals surface area contributed by atoms with Crippen LogP contribution in [0.4, 0.5) is 5.69 Å². The molecule has 0 atom stereocenters. The quantitative estimate of drug-likeness (QED) is 0.732. The third-order valence-corrected chi connectivity index (χ3v) is 3.39. The van der Waals surface area contributed by atoms with E-state index in [4.69, 9.17) is 10.3 Å². The van der Waals surface area contributed by atoms with Gasteiger partial charge in [-0.05, 0) is 23.6 Å². The molecule has 2 aromatic heterocycles. The maximum Gasteiger partial charge on any atom is 0.232 e. The van der Waals surface area contributed by atoms with Gasteiger partial charge in [-0.3, -0.25) is 0 Å². The lowest BCUT2D eigenvalue weighted by Crippen LogP contribution is -1.87. The second kappa shape index (κ2) is 4.62. The molecule has 0 amide bonds. The fourth-order valence-electron chi connectivity index (χ4n) is 1.68. The van der Waals surface area contributed by atoms with Gasteiger partial charge in [0.1, 0.15) is 0 Å². The molecule has 5 heteroatoms. The SMILES string of the molecule is Nc1cccc(-c2noc(Cc3cccs3)n2)c1. The third-order valence-electron chi connectivity index (χ3n) is 2.52. The van der Waals surface area contributed by atoms with Crippen molar-refractivity contribution in [1.29, 1.82) is 0 Å². The van der Waals surface area contributed by atoms with Gasteiger partial charge < -0.3 is 10.3 Å². The smallest absolute Gasteiger partial charge is 0.232 e. The highest BCUT2D eigenvalue weighted by Crippen LogP contribution is 2.20. The van der Waals surface area contributed by atoms with Crippen molar-refractivity contribution in [2.24, 2.45) is 0 Å². The first kappa shape index (κ1) is 11.0. The molecule has 1 aromatic carbocycles. The molecule has 0 saturated heterocycles. The molecule has 4 nitrogen and oxygen atoms in total. The summed E-state index contributed by atoms with van der Waals surface area (Å²) in [4.78, 5) is 5.58. The zero-order valence-corrected chi connectivity index (χ0v) is 10.4. The Morgan fingerprint density at radius 2 is 2.17 bits per heavy atom. The van der Waals surface area contributed by atoms with E-state index in [0.717, 1.165) is 5.56 Å². The van der Waals surface area contributed by atoms with Crippen LogP contribution in [0.3, 0.4) is 0 Å². The second-order valence-corrected chi connectivity index (χ2v) is 4.93. The molecule has 0 radical (unpaired) electrons. The van der Waals surface area contributed by atoms with Crippen LogP contribution in [0.25, 0.3) is 11.4 Å². The zero-order chi connectivity index (χ0) is 12.4. The Labute approximate surface area is 108 Å². The average molecular weight is 257 g/mol. The maximum atomic E-state index is 5.73. The van der Waals surface area contributed by atoms with E-state index in [0.29, 0.717) is 23.8 Å².